The SMILES string of the molecule is CCNC(=NCc1ccccc1CN(C)Cc1ccco1)NC1CCc2ncnn2C1. The molecule has 4 rings (SSSR count). The van der Waals surface area contributed by atoms with Crippen molar-refractivity contribution in [3.05, 3.63) is 71.7 Å². The zero-order valence-corrected chi connectivity index (χ0v) is 18.3. The first-order chi connectivity index (χ1) is 15.2. The van der Waals surface area contributed by atoms with Crippen molar-refractivity contribution in [1.82, 2.24) is 30.3 Å². The summed E-state index contributed by atoms with van der Waals surface area (Å²) in [6.07, 6.45) is 5.31. The molecule has 164 valence electrons. The van der Waals surface area contributed by atoms with Gasteiger partial charge in [0.25, 0.3) is 0 Å². The van der Waals surface area contributed by atoms with E-state index in [1.165, 1.54) is 11.1 Å². The van der Waals surface area contributed by atoms with E-state index in [0.717, 1.165) is 56.6 Å². The van der Waals surface area contributed by atoms with Crippen LogP contribution in [0.25, 0.3) is 0 Å². The van der Waals surface area contributed by atoms with Gasteiger partial charge < -0.3 is 15.1 Å². The number of aliphatic imine (C=N–C) groups is 1. The molecule has 0 spiro atoms. The van der Waals surface area contributed by atoms with Crippen LogP contribution in [0, 0.1) is 0 Å². The lowest BCUT2D eigenvalue weighted by Crippen LogP contribution is -2.47. The molecule has 0 amide bonds. The second kappa shape index (κ2) is 10.3. The normalized spacial score (nSPS) is 16.4. The number of fused-ring (bicyclic) bond motifs is 1. The van der Waals surface area contributed by atoms with Crippen LogP contribution >= 0.6 is 0 Å². The van der Waals surface area contributed by atoms with Crippen LogP contribution in [-0.4, -0.2) is 45.3 Å². The number of nitrogens with zero attached hydrogens (tertiary/aromatic N) is 5. The summed E-state index contributed by atoms with van der Waals surface area (Å²) in [4.78, 5) is 11.4. The van der Waals surface area contributed by atoms with Crippen molar-refractivity contribution in [3.8, 4) is 0 Å². The number of nitrogens with one attached hydrogen (secondary N) is 2. The van der Waals surface area contributed by atoms with Crippen LogP contribution in [0.1, 0.15) is 36.1 Å². The van der Waals surface area contributed by atoms with Crippen LogP contribution in [0.5, 0.6) is 0 Å². The summed E-state index contributed by atoms with van der Waals surface area (Å²) in [7, 11) is 2.11. The first kappa shape index (κ1) is 21.1. The largest absolute Gasteiger partial charge is 0.468 e. The highest BCUT2D eigenvalue weighted by molar-refractivity contribution is 5.80. The average Bonchev–Trinajstić information content (AvgIpc) is 3.44. The number of guanidine groups is 1. The van der Waals surface area contributed by atoms with Gasteiger partial charge in [0.1, 0.15) is 17.9 Å². The van der Waals surface area contributed by atoms with E-state index in [4.69, 9.17) is 9.41 Å². The average molecular weight is 422 g/mol. The third-order valence-corrected chi connectivity index (χ3v) is 5.46. The molecule has 0 aliphatic carbocycles. The molecule has 8 heteroatoms. The Bertz CT molecular complexity index is 979. The molecular formula is C23H31N7O. The fraction of sp³-hybridized carbons (Fsp3) is 0.435. The molecule has 1 aliphatic rings. The Morgan fingerprint density at radius 2 is 2.10 bits per heavy atom. The lowest BCUT2D eigenvalue weighted by molar-refractivity contribution is 0.287. The molecule has 8 nitrogen and oxygen atoms in total. The zero-order valence-electron chi connectivity index (χ0n) is 18.3. The number of hydrogen-bond donors (Lipinski definition) is 2. The Kier molecular flexibility index (Phi) is 6.99. The first-order valence-electron chi connectivity index (χ1n) is 10.9. The smallest absolute Gasteiger partial charge is 0.191 e. The Labute approximate surface area is 183 Å². The fourth-order valence-corrected chi connectivity index (χ4v) is 3.91. The molecule has 3 heterocycles. The molecule has 2 aromatic heterocycles. The van der Waals surface area contributed by atoms with Crippen LogP contribution in [0.4, 0.5) is 0 Å². The van der Waals surface area contributed by atoms with Crippen LogP contribution in [0.2, 0.25) is 0 Å². The van der Waals surface area contributed by atoms with Gasteiger partial charge in [-0.2, -0.15) is 5.10 Å². The Morgan fingerprint density at radius 1 is 1.23 bits per heavy atom. The molecule has 0 fully saturated rings. The van der Waals surface area contributed by atoms with E-state index in [2.05, 4.69) is 63.9 Å². The van der Waals surface area contributed by atoms with Gasteiger partial charge in [0.15, 0.2) is 5.96 Å². The summed E-state index contributed by atoms with van der Waals surface area (Å²) in [5.74, 6) is 2.88. The highest BCUT2D eigenvalue weighted by Gasteiger charge is 2.20. The Hall–Kier alpha value is -3.13. The van der Waals surface area contributed by atoms with Crippen molar-refractivity contribution in [1.29, 1.82) is 0 Å². The quantitative estimate of drug-likeness (QED) is 0.430. The van der Waals surface area contributed by atoms with Gasteiger partial charge in [0.2, 0.25) is 0 Å². The van der Waals surface area contributed by atoms with Crippen molar-refractivity contribution in [2.45, 2.75) is 52.0 Å². The van der Waals surface area contributed by atoms with Gasteiger partial charge in [-0.25, -0.2) is 14.7 Å². The fourth-order valence-electron chi connectivity index (χ4n) is 3.91. The maximum absolute atomic E-state index is 5.48. The van der Waals surface area contributed by atoms with E-state index >= 15 is 0 Å². The van der Waals surface area contributed by atoms with Crippen molar-refractivity contribution in [2.75, 3.05) is 13.6 Å². The third-order valence-electron chi connectivity index (χ3n) is 5.46. The second-order valence-corrected chi connectivity index (χ2v) is 7.95. The number of rotatable bonds is 8. The Morgan fingerprint density at radius 3 is 2.90 bits per heavy atom. The standard InChI is InChI=1S/C23H31N7O/c1-3-24-23(28-20-10-11-22-26-17-27-30(22)15-20)25-13-18-7-4-5-8-19(18)14-29(2)16-21-9-6-12-31-21/h4-9,12,17,20H,3,10-11,13-16H2,1-2H3,(H2,24,25,28). The van der Waals surface area contributed by atoms with E-state index in [9.17, 15) is 0 Å². The van der Waals surface area contributed by atoms with Crippen molar-refractivity contribution in [3.63, 3.8) is 0 Å². The van der Waals surface area contributed by atoms with Crippen molar-refractivity contribution in [2.24, 2.45) is 4.99 Å². The molecule has 0 bridgehead atoms. The first-order valence-corrected chi connectivity index (χ1v) is 10.9. The van der Waals surface area contributed by atoms with Crippen LogP contribution in [0.3, 0.4) is 0 Å². The van der Waals surface area contributed by atoms with Gasteiger partial charge >= 0.3 is 0 Å². The summed E-state index contributed by atoms with van der Waals surface area (Å²) in [6.45, 7) is 5.97. The summed E-state index contributed by atoms with van der Waals surface area (Å²) in [5, 5.41) is 11.3. The van der Waals surface area contributed by atoms with Crippen LogP contribution in [0.15, 0.2) is 58.4 Å². The predicted octanol–water partition coefficient (Wildman–Crippen LogP) is 2.57. The lowest BCUT2D eigenvalue weighted by atomic mass is 10.1. The van der Waals surface area contributed by atoms with E-state index in [1.54, 1.807) is 12.6 Å². The molecule has 1 atom stereocenters. The monoisotopic (exact) mass is 421 g/mol. The third kappa shape index (κ3) is 5.73. The number of hydrogen-bond acceptors (Lipinski definition) is 5. The minimum atomic E-state index is 0.293. The van der Waals surface area contributed by atoms with Crippen LogP contribution in [-0.2, 0) is 32.6 Å². The summed E-state index contributed by atoms with van der Waals surface area (Å²) in [5.41, 5.74) is 2.51. The molecule has 1 aliphatic heterocycles. The van der Waals surface area contributed by atoms with Crippen molar-refractivity contribution >= 4 is 5.96 Å². The minimum absolute atomic E-state index is 0.293. The molecular weight excluding hydrogens is 390 g/mol. The number of aromatic nitrogens is 3. The maximum atomic E-state index is 5.48. The topological polar surface area (TPSA) is 83.5 Å². The van der Waals surface area contributed by atoms with E-state index < -0.39 is 0 Å². The molecule has 0 saturated heterocycles. The van der Waals surface area contributed by atoms with E-state index in [0.29, 0.717) is 12.6 Å². The van der Waals surface area contributed by atoms with Gasteiger partial charge in [0.05, 0.1) is 25.9 Å². The molecule has 1 unspecified atom stereocenters. The zero-order chi connectivity index (χ0) is 21.5. The van der Waals surface area contributed by atoms with Crippen LogP contribution < -0.4 is 10.6 Å². The predicted molar refractivity (Wildman–Crippen MR) is 120 cm³/mol. The van der Waals surface area contributed by atoms with Gasteiger partial charge in [-0.05, 0) is 43.7 Å². The van der Waals surface area contributed by atoms with Gasteiger partial charge in [-0.15, -0.1) is 0 Å². The summed E-state index contributed by atoms with van der Waals surface area (Å²) in [6, 6.07) is 12.7. The van der Waals surface area contributed by atoms with E-state index in [1.807, 2.05) is 16.8 Å². The molecule has 1 aromatic carbocycles. The van der Waals surface area contributed by atoms with Crippen molar-refractivity contribution < 1.29 is 4.42 Å². The second-order valence-electron chi connectivity index (χ2n) is 7.95. The molecule has 2 N–H and O–H groups in total. The molecule has 31 heavy (non-hydrogen) atoms. The van der Waals surface area contributed by atoms with Gasteiger partial charge in [-0.3, -0.25) is 4.90 Å². The Balaban J connectivity index is 1.39. The van der Waals surface area contributed by atoms with E-state index in [-0.39, 0.29) is 0 Å². The number of aryl methyl sites for hydroxylation is 1. The minimum Gasteiger partial charge on any atom is -0.468 e. The highest BCUT2D eigenvalue weighted by atomic mass is 16.3. The maximum Gasteiger partial charge on any atom is 0.191 e. The molecule has 0 saturated carbocycles. The molecule has 3 aromatic rings. The van der Waals surface area contributed by atoms with Gasteiger partial charge in [-0.1, -0.05) is 24.3 Å². The summed E-state index contributed by atoms with van der Waals surface area (Å²) < 4.78 is 7.46. The number of benzene rings is 1. The van der Waals surface area contributed by atoms with Gasteiger partial charge in [0, 0.05) is 25.6 Å². The highest BCUT2D eigenvalue weighted by Crippen LogP contribution is 2.15. The summed E-state index contributed by atoms with van der Waals surface area (Å²) >= 11 is 0. The molecule has 0 radical (unpaired) electrons. The lowest BCUT2D eigenvalue weighted by Gasteiger charge is -2.25. The number of furan rings is 1.